The minimum atomic E-state index is -0.565. The number of carbonyl (C=O) groups excluding carboxylic acids is 1. The van der Waals surface area contributed by atoms with Crippen LogP contribution < -0.4 is 11.5 Å². The molecular formula is C16H18N4O2S. The molecule has 0 fully saturated rings. The summed E-state index contributed by atoms with van der Waals surface area (Å²) in [5.74, 6) is 1.46. The van der Waals surface area contributed by atoms with E-state index in [0.29, 0.717) is 38.1 Å². The largest absolute Gasteiger partial charge is 0.460 e. The highest BCUT2D eigenvalue weighted by Crippen LogP contribution is 2.39. The fourth-order valence-electron chi connectivity index (χ4n) is 2.28. The zero-order chi connectivity index (χ0) is 16.9. The summed E-state index contributed by atoms with van der Waals surface area (Å²) in [4.78, 5) is 21.8. The Morgan fingerprint density at radius 1 is 1.26 bits per heavy atom. The molecule has 0 aromatic carbocycles. The van der Waals surface area contributed by atoms with Crippen molar-refractivity contribution in [3.63, 3.8) is 0 Å². The molecule has 120 valence electrons. The number of aryl methyl sites for hydroxylation is 1. The molecular weight excluding hydrogens is 312 g/mol. The van der Waals surface area contributed by atoms with Gasteiger partial charge >= 0.3 is 0 Å². The first-order chi connectivity index (χ1) is 10.7. The minimum absolute atomic E-state index is 0.254. The number of nitrogen functional groups attached to an aromatic ring is 1. The van der Waals surface area contributed by atoms with Gasteiger partial charge in [0.05, 0.1) is 11.1 Å². The first-order valence-corrected chi connectivity index (χ1v) is 7.97. The standard InChI is InChI=1S/C16H18N4O2S/c1-7-5-6-8(22-7)11-9-10(17)12(13(18)21)23-14(9)20-15(19-11)16(2,3)4/h5-6H,17H2,1-4H3,(H2,18,21). The number of primary amides is 1. The van der Waals surface area contributed by atoms with Crippen molar-refractivity contribution < 1.29 is 9.21 Å². The molecule has 3 aromatic rings. The molecule has 3 rings (SSSR count). The molecule has 1 amide bonds. The van der Waals surface area contributed by atoms with E-state index in [9.17, 15) is 4.79 Å². The number of anilines is 1. The Morgan fingerprint density at radius 3 is 2.48 bits per heavy atom. The number of nitrogens with two attached hydrogens (primary N) is 2. The molecule has 3 heterocycles. The Morgan fingerprint density at radius 2 is 1.96 bits per heavy atom. The van der Waals surface area contributed by atoms with E-state index in [0.717, 1.165) is 5.76 Å². The SMILES string of the molecule is Cc1ccc(-c2nc(C(C)(C)C)nc3sc(C(N)=O)c(N)c23)o1. The molecule has 7 heteroatoms. The topological polar surface area (TPSA) is 108 Å². The third-order valence-electron chi connectivity index (χ3n) is 3.46. The van der Waals surface area contributed by atoms with Gasteiger partial charge in [0.15, 0.2) is 5.76 Å². The highest BCUT2D eigenvalue weighted by atomic mass is 32.1. The van der Waals surface area contributed by atoms with E-state index >= 15 is 0 Å². The molecule has 0 unspecified atom stereocenters. The van der Waals surface area contributed by atoms with E-state index in [4.69, 9.17) is 15.9 Å². The van der Waals surface area contributed by atoms with E-state index in [1.165, 1.54) is 11.3 Å². The normalized spacial score (nSPS) is 12.0. The number of nitrogens with zero attached hydrogens (tertiary/aromatic N) is 2. The summed E-state index contributed by atoms with van der Waals surface area (Å²) in [6, 6.07) is 3.70. The van der Waals surface area contributed by atoms with Crippen LogP contribution in [0.1, 0.15) is 42.0 Å². The van der Waals surface area contributed by atoms with E-state index in [2.05, 4.69) is 9.97 Å². The van der Waals surface area contributed by atoms with Gasteiger partial charge in [0, 0.05) is 5.41 Å². The molecule has 0 bridgehead atoms. The van der Waals surface area contributed by atoms with Crippen molar-refractivity contribution >= 4 is 33.1 Å². The van der Waals surface area contributed by atoms with Gasteiger partial charge in [-0.25, -0.2) is 9.97 Å². The predicted molar refractivity (Wildman–Crippen MR) is 91.5 cm³/mol. The summed E-state index contributed by atoms with van der Waals surface area (Å²) in [5, 5.41) is 0.617. The second-order valence-electron chi connectivity index (χ2n) is 6.45. The van der Waals surface area contributed by atoms with E-state index in [1.54, 1.807) is 0 Å². The Balaban J connectivity index is 2.41. The number of amides is 1. The van der Waals surface area contributed by atoms with Crippen molar-refractivity contribution in [2.75, 3.05) is 5.73 Å². The van der Waals surface area contributed by atoms with Gasteiger partial charge in [0.1, 0.15) is 27.0 Å². The van der Waals surface area contributed by atoms with E-state index in [-0.39, 0.29) is 5.41 Å². The Labute approximate surface area is 137 Å². The Kier molecular flexibility index (Phi) is 3.40. The molecule has 3 aromatic heterocycles. The Hall–Kier alpha value is -2.41. The van der Waals surface area contributed by atoms with Crippen LogP contribution in [0, 0.1) is 6.92 Å². The van der Waals surface area contributed by atoms with Gasteiger partial charge in [-0.3, -0.25) is 4.79 Å². The van der Waals surface area contributed by atoms with Crippen molar-refractivity contribution in [2.45, 2.75) is 33.1 Å². The number of thiophene rings is 1. The van der Waals surface area contributed by atoms with E-state index in [1.807, 2.05) is 39.8 Å². The lowest BCUT2D eigenvalue weighted by molar-refractivity contribution is 0.100. The van der Waals surface area contributed by atoms with Gasteiger partial charge in [-0.2, -0.15) is 0 Å². The molecule has 0 atom stereocenters. The molecule has 0 aliphatic carbocycles. The van der Waals surface area contributed by atoms with Gasteiger partial charge < -0.3 is 15.9 Å². The second-order valence-corrected chi connectivity index (χ2v) is 7.44. The minimum Gasteiger partial charge on any atom is -0.460 e. The molecule has 0 saturated heterocycles. The van der Waals surface area contributed by atoms with Crippen LogP contribution in [0.5, 0.6) is 0 Å². The average molecular weight is 330 g/mol. The van der Waals surface area contributed by atoms with Gasteiger partial charge in [-0.1, -0.05) is 20.8 Å². The first-order valence-electron chi connectivity index (χ1n) is 7.15. The van der Waals surface area contributed by atoms with Crippen LogP contribution in [-0.4, -0.2) is 15.9 Å². The fraction of sp³-hybridized carbons (Fsp3) is 0.312. The zero-order valence-electron chi connectivity index (χ0n) is 13.4. The Bertz CT molecular complexity index is 918. The maximum atomic E-state index is 11.6. The third kappa shape index (κ3) is 2.57. The number of carbonyl (C=O) groups is 1. The number of fused-ring (bicyclic) bond motifs is 1. The van der Waals surface area contributed by atoms with Crippen molar-refractivity contribution in [1.29, 1.82) is 0 Å². The first kappa shape index (κ1) is 15.5. The van der Waals surface area contributed by atoms with Crippen LogP contribution in [0.25, 0.3) is 21.7 Å². The number of hydrogen-bond acceptors (Lipinski definition) is 6. The quantitative estimate of drug-likeness (QED) is 0.750. The average Bonchev–Trinajstić information content (AvgIpc) is 3.01. The van der Waals surface area contributed by atoms with Crippen molar-refractivity contribution in [3.8, 4) is 11.5 Å². The number of rotatable bonds is 2. The molecule has 0 spiro atoms. The zero-order valence-corrected chi connectivity index (χ0v) is 14.2. The summed E-state index contributed by atoms with van der Waals surface area (Å²) < 4.78 is 5.71. The molecule has 0 aliphatic rings. The number of aromatic nitrogens is 2. The molecule has 0 radical (unpaired) electrons. The van der Waals surface area contributed by atoms with Crippen LogP contribution in [0.4, 0.5) is 5.69 Å². The van der Waals surface area contributed by atoms with Crippen molar-refractivity contribution in [3.05, 3.63) is 28.6 Å². The van der Waals surface area contributed by atoms with Crippen LogP contribution in [0.15, 0.2) is 16.5 Å². The lowest BCUT2D eigenvalue weighted by Gasteiger charge is -2.17. The van der Waals surface area contributed by atoms with Crippen LogP contribution in [-0.2, 0) is 5.41 Å². The van der Waals surface area contributed by atoms with Gasteiger partial charge in [-0.15, -0.1) is 11.3 Å². The van der Waals surface area contributed by atoms with Gasteiger partial charge in [0.2, 0.25) is 0 Å². The predicted octanol–water partition coefficient (Wildman–Crippen LogP) is 3.24. The van der Waals surface area contributed by atoms with Gasteiger partial charge in [-0.05, 0) is 19.1 Å². The van der Waals surface area contributed by atoms with E-state index < -0.39 is 5.91 Å². The summed E-state index contributed by atoms with van der Waals surface area (Å²) in [7, 11) is 0. The summed E-state index contributed by atoms with van der Waals surface area (Å²) in [5.41, 5.74) is 12.2. The van der Waals surface area contributed by atoms with Crippen LogP contribution in [0.2, 0.25) is 0 Å². The van der Waals surface area contributed by atoms with Gasteiger partial charge in [0.25, 0.3) is 5.91 Å². The highest BCUT2D eigenvalue weighted by molar-refractivity contribution is 7.21. The van der Waals surface area contributed by atoms with Crippen molar-refractivity contribution in [1.82, 2.24) is 9.97 Å². The second kappa shape index (κ2) is 5.06. The maximum Gasteiger partial charge on any atom is 0.260 e. The maximum absolute atomic E-state index is 11.6. The molecule has 23 heavy (non-hydrogen) atoms. The highest BCUT2D eigenvalue weighted by Gasteiger charge is 2.26. The third-order valence-corrected chi connectivity index (χ3v) is 4.57. The lowest BCUT2D eigenvalue weighted by atomic mass is 9.95. The molecule has 0 aliphatic heterocycles. The molecule has 6 nitrogen and oxygen atoms in total. The number of hydrogen-bond donors (Lipinski definition) is 2. The smallest absolute Gasteiger partial charge is 0.260 e. The summed E-state index contributed by atoms with van der Waals surface area (Å²) in [6.07, 6.45) is 0. The van der Waals surface area contributed by atoms with Crippen molar-refractivity contribution in [2.24, 2.45) is 5.73 Å². The lowest BCUT2D eigenvalue weighted by Crippen LogP contribution is -2.16. The summed E-state index contributed by atoms with van der Waals surface area (Å²) >= 11 is 1.19. The van der Waals surface area contributed by atoms with Crippen LogP contribution >= 0.6 is 11.3 Å². The molecule has 0 saturated carbocycles. The van der Waals surface area contributed by atoms with Crippen LogP contribution in [0.3, 0.4) is 0 Å². The molecule has 4 N–H and O–H groups in total. The monoisotopic (exact) mass is 330 g/mol. The number of furan rings is 1. The summed E-state index contributed by atoms with van der Waals surface area (Å²) in [6.45, 7) is 7.93. The fourth-order valence-corrected chi connectivity index (χ4v) is 3.23.